The first-order valence-electron chi connectivity index (χ1n) is 9.52. The summed E-state index contributed by atoms with van der Waals surface area (Å²) in [6.45, 7) is 12.3. The lowest BCUT2D eigenvalue weighted by molar-refractivity contribution is 0.0697. The van der Waals surface area contributed by atoms with Gasteiger partial charge in [-0.15, -0.1) is 0 Å². The van der Waals surface area contributed by atoms with Gasteiger partial charge in [0.15, 0.2) is 0 Å². The van der Waals surface area contributed by atoms with Gasteiger partial charge >= 0.3 is 5.97 Å². The van der Waals surface area contributed by atoms with Gasteiger partial charge in [-0.2, -0.15) is 0 Å². The van der Waals surface area contributed by atoms with Gasteiger partial charge in [-0.05, 0) is 93.1 Å². The third-order valence-corrected chi connectivity index (χ3v) is 5.56. The van der Waals surface area contributed by atoms with Crippen LogP contribution in [0.2, 0.25) is 0 Å². The van der Waals surface area contributed by atoms with Crippen molar-refractivity contribution in [3.05, 3.63) is 58.7 Å². The number of rotatable bonds is 4. The summed E-state index contributed by atoms with van der Waals surface area (Å²) in [7, 11) is 0. The van der Waals surface area contributed by atoms with E-state index in [2.05, 4.69) is 56.6 Å². The number of aromatic carboxylic acids is 1. The zero-order chi connectivity index (χ0) is 19.8. The zero-order valence-electron chi connectivity index (χ0n) is 16.8. The summed E-state index contributed by atoms with van der Waals surface area (Å²) in [4.78, 5) is 18.0. The summed E-state index contributed by atoms with van der Waals surface area (Å²) in [6.07, 6.45) is 3.01. The Morgan fingerprint density at radius 1 is 1.30 bits per heavy atom. The highest BCUT2D eigenvalue weighted by atomic mass is 16.4. The normalized spacial score (nSPS) is 18.6. The van der Waals surface area contributed by atoms with E-state index in [0.29, 0.717) is 5.92 Å². The van der Waals surface area contributed by atoms with Gasteiger partial charge in [0, 0.05) is 24.0 Å². The molecule has 0 fully saturated rings. The van der Waals surface area contributed by atoms with Crippen LogP contribution >= 0.6 is 0 Å². The van der Waals surface area contributed by atoms with Crippen molar-refractivity contribution < 1.29 is 9.90 Å². The molecule has 0 aromatic heterocycles. The molecule has 2 aromatic rings. The molecular formula is C23H28N2O2. The maximum Gasteiger partial charge on any atom is 0.335 e. The average Bonchev–Trinajstić information content (AvgIpc) is 2.60. The number of aliphatic imine (C=N–C) groups is 1. The van der Waals surface area contributed by atoms with Crippen molar-refractivity contribution in [1.29, 1.82) is 0 Å². The number of carbonyl (C=O) groups is 1. The second-order valence-electron chi connectivity index (χ2n) is 8.04. The lowest BCUT2D eigenvalue weighted by Crippen LogP contribution is -2.48. The van der Waals surface area contributed by atoms with Crippen LogP contribution in [-0.4, -0.2) is 29.4 Å². The van der Waals surface area contributed by atoms with Crippen LogP contribution in [0.15, 0.2) is 41.4 Å². The molecule has 1 atom stereocenters. The van der Waals surface area contributed by atoms with E-state index in [0.717, 1.165) is 24.2 Å². The van der Waals surface area contributed by atoms with Crippen molar-refractivity contribution in [3.8, 4) is 0 Å². The highest BCUT2D eigenvalue weighted by molar-refractivity contribution is 5.89. The summed E-state index contributed by atoms with van der Waals surface area (Å²) < 4.78 is 0. The van der Waals surface area contributed by atoms with Crippen LogP contribution in [0.25, 0.3) is 0 Å². The highest BCUT2D eigenvalue weighted by Gasteiger charge is 2.35. The molecule has 1 aliphatic heterocycles. The van der Waals surface area contributed by atoms with Crippen molar-refractivity contribution in [2.24, 2.45) is 4.99 Å². The molecule has 4 nitrogen and oxygen atoms in total. The minimum atomic E-state index is -0.923. The second-order valence-corrected chi connectivity index (χ2v) is 8.04. The zero-order valence-corrected chi connectivity index (χ0v) is 16.8. The number of fused-ring (bicyclic) bond motifs is 1. The topological polar surface area (TPSA) is 52.9 Å². The SMILES string of the molecule is CCN1c2cc(C)c(C=Nc3ccc(C(=O)O)cc3)cc2C(C)CC1(C)C. The predicted molar refractivity (Wildman–Crippen MR) is 112 cm³/mol. The van der Waals surface area contributed by atoms with E-state index in [-0.39, 0.29) is 11.1 Å². The minimum Gasteiger partial charge on any atom is -0.478 e. The third kappa shape index (κ3) is 3.75. The van der Waals surface area contributed by atoms with Gasteiger partial charge in [-0.1, -0.05) is 6.92 Å². The van der Waals surface area contributed by atoms with Crippen LogP contribution < -0.4 is 4.90 Å². The van der Waals surface area contributed by atoms with E-state index in [9.17, 15) is 4.79 Å². The molecule has 3 rings (SSSR count). The molecule has 0 aliphatic carbocycles. The molecule has 0 saturated heterocycles. The molecule has 4 heteroatoms. The fourth-order valence-electron chi connectivity index (χ4n) is 4.22. The van der Waals surface area contributed by atoms with Crippen LogP contribution in [0, 0.1) is 6.92 Å². The Bertz CT molecular complexity index is 882. The Balaban J connectivity index is 1.94. The van der Waals surface area contributed by atoms with Crippen molar-refractivity contribution >= 4 is 23.6 Å². The van der Waals surface area contributed by atoms with Crippen molar-refractivity contribution in [3.63, 3.8) is 0 Å². The Morgan fingerprint density at radius 3 is 2.56 bits per heavy atom. The van der Waals surface area contributed by atoms with Crippen LogP contribution in [0.3, 0.4) is 0 Å². The van der Waals surface area contributed by atoms with Crippen LogP contribution in [0.5, 0.6) is 0 Å². The van der Waals surface area contributed by atoms with Crippen LogP contribution in [0.4, 0.5) is 11.4 Å². The summed E-state index contributed by atoms with van der Waals surface area (Å²) in [6, 6.07) is 11.2. The predicted octanol–water partition coefficient (Wildman–Crippen LogP) is 5.56. The molecule has 1 aliphatic rings. The molecule has 1 N–H and O–H groups in total. The molecule has 0 saturated carbocycles. The Kier molecular flexibility index (Phi) is 5.09. The van der Waals surface area contributed by atoms with Crippen molar-refractivity contribution in [2.45, 2.75) is 52.5 Å². The van der Waals surface area contributed by atoms with Gasteiger partial charge < -0.3 is 10.0 Å². The average molecular weight is 364 g/mol. The molecule has 1 unspecified atom stereocenters. The Hall–Kier alpha value is -2.62. The fraction of sp³-hybridized carbons (Fsp3) is 0.391. The second kappa shape index (κ2) is 7.18. The number of nitrogens with zero attached hydrogens (tertiary/aromatic N) is 2. The number of hydrogen-bond donors (Lipinski definition) is 1. The monoisotopic (exact) mass is 364 g/mol. The Morgan fingerprint density at radius 2 is 1.96 bits per heavy atom. The standard InChI is InChI=1S/C23H28N2O2/c1-6-25-21-11-15(2)18(12-20(21)16(3)13-23(25,4)5)14-24-19-9-7-17(8-10-19)22(26)27/h7-12,14,16H,6,13H2,1-5H3,(H,26,27). The van der Waals surface area contributed by atoms with Gasteiger partial charge in [-0.25, -0.2) is 4.79 Å². The third-order valence-electron chi connectivity index (χ3n) is 5.56. The van der Waals surface area contributed by atoms with Crippen LogP contribution in [-0.2, 0) is 0 Å². The molecule has 0 bridgehead atoms. The van der Waals surface area contributed by atoms with E-state index in [1.54, 1.807) is 24.3 Å². The maximum atomic E-state index is 11.0. The van der Waals surface area contributed by atoms with Gasteiger partial charge in [0.25, 0.3) is 0 Å². The number of aryl methyl sites for hydroxylation is 1. The molecule has 0 radical (unpaired) electrons. The van der Waals surface area contributed by atoms with Crippen LogP contribution in [0.1, 0.15) is 67.1 Å². The minimum absolute atomic E-state index is 0.162. The largest absolute Gasteiger partial charge is 0.478 e. The number of hydrogen-bond acceptors (Lipinski definition) is 3. The number of anilines is 1. The van der Waals surface area contributed by atoms with Gasteiger partial charge in [0.1, 0.15) is 0 Å². The molecule has 142 valence electrons. The van der Waals surface area contributed by atoms with E-state index in [1.165, 1.54) is 16.8 Å². The quantitative estimate of drug-likeness (QED) is 0.723. The van der Waals surface area contributed by atoms with Gasteiger partial charge in [0.2, 0.25) is 0 Å². The fourth-order valence-corrected chi connectivity index (χ4v) is 4.22. The number of carboxylic acid groups (broad SMARTS) is 1. The molecule has 27 heavy (non-hydrogen) atoms. The first-order valence-corrected chi connectivity index (χ1v) is 9.52. The highest BCUT2D eigenvalue weighted by Crippen LogP contribution is 2.44. The first kappa shape index (κ1) is 19.2. The van der Waals surface area contributed by atoms with E-state index in [1.807, 2.05) is 6.21 Å². The van der Waals surface area contributed by atoms with Crippen molar-refractivity contribution in [1.82, 2.24) is 0 Å². The first-order chi connectivity index (χ1) is 12.7. The number of benzene rings is 2. The Labute approximate surface area is 161 Å². The maximum absolute atomic E-state index is 11.0. The number of carboxylic acids is 1. The summed E-state index contributed by atoms with van der Waals surface area (Å²) >= 11 is 0. The van der Waals surface area contributed by atoms with E-state index in [4.69, 9.17) is 5.11 Å². The molecule has 0 amide bonds. The van der Waals surface area contributed by atoms with Gasteiger partial charge in [0.05, 0.1) is 11.3 Å². The van der Waals surface area contributed by atoms with Gasteiger partial charge in [-0.3, -0.25) is 4.99 Å². The van der Waals surface area contributed by atoms with E-state index < -0.39 is 5.97 Å². The molecule has 0 spiro atoms. The summed E-state index contributed by atoms with van der Waals surface area (Å²) in [5, 5.41) is 8.99. The van der Waals surface area contributed by atoms with Crippen molar-refractivity contribution in [2.75, 3.05) is 11.4 Å². The molecule has 1 heterocycles. The van der Waals surface area contributed by atoms with E-state index >= 15 is 0 Å². The molecular weight excluding hydrogens is 336 g/mol. The summed E-state index contributed by atoms with van der Waals surface area (Å²) in [5.41, 5.74) is 6.21. The lowest BCUT2D eigenvalue weighted by atomic mass is 9.79. The smallest absolute Gasteiger partial charge is 0.335 e. The molecule has 2 aromatic carbocycles. The lowest BCUT2D eigenvalue weighted by Gasteiger charge is -2.47. The summed E-state index contributed by atoms with van der Waals surface area (Å²) in [5.74, 6) is -0.422.